The molecule has 0 bridgehead atoms. The van der Waals surface area contributed by atoms with Gasteiger partial charge >= 0.3 is 0 Å². The van der Waals surface area contributed by atoms with Gasteiger partial charge in [-0.1, -0.05) is 11.6 Å². The van der Waals surface area contributed by atoms with Gasteiger partial charge in [-0.3, -0.25) is 0 Å². The molecule has 1 aliphatic rings. The van der Waals surface area contributed by atoms with E-state index in [9.17, 15) is 0 Å². The van der Waals surface area contributed by atoms with Crippen molar-refractivity contribution in [1.29, 1.82) is 0 Å². The SMILES string of the molecule is Clc1ccc2c(NCCOCC3CCCO3)ncnc2c1. The van der Waals surface area contributed by atoms with Crippen LogP contribution in [-0.2, 0) is 9.47 Å². The van der Waals surface area contributed by atoms with Gasteiger partial charge in [-0.15, -0.1) is 0 Å². The molecule has 0 spiro atoms. The van der Waals surface area contributed by atoms with Crippen LogP contribution in [0.25, 0.3) is 10.9 Å². The second-order valence-electron chi connectivity index (χ2n) is 5.02. The maximum absolute atomic E-state index is 5.97. The monoisotopic (exact) mass is 307 g/mol. The summed E-state index contributed by atoms with van der Waals surface area (Å²) in [5.41, 5.74) is 0.834. The number of hydrogen-bond acceptors (Lipinski definition) is 5. The molecule has 0 radical (unpaired) electrons. The Morgan fingerprint density at radius 1 is 1.38 bits per heavy atom. The number of aromatic nitrogens is 2. The molecule has 112 valence electrons. The molecule has 1 fully saturated rings. The molecule has 0 saturated carbocycles. The van der Waals surface area contributed by atoms with Crippen molar-refractivity contribution in [2.24, 2.45) is 0 Å². The maximum Gasteiger partial charge on any atom is 0.137 e. The van der Waals surface area contributed by atoms with Crippen LogP contribution in [0.1, 0.15) is 12.8 Å². The van der Waals surface area contributed by atoms with Crippen molar-refractivity contribution >= 4 is 28.3 Å². The number of fused-ring (bicyclic) bond motifs is 1. The summed E-state index contributed by atoms with van der Waals surface area (Å²) in [6.07, 6.45) is 4.05. The minimum absolute atomic E-state index is 0.270. The molecule has 1 saturated heterocycles. The van der Waals surface area contributed by atoms with Crippen molar-refractivity contribution in [3.8, 4) is 0 Å². The van der Waals surface area contributed by atoms with E-state index in [-0.39, 0.29) is 6.10 Å². The van der Waals surface area contributed by atoms with Crippen molar-refractivity contribution in [3.63, 3.8) is 0 Å². The Labute approximate surface area is 128 Å². The van der Waals surface area contributed by atoms with Gasteiger partial charge in [0, 0.05) is 23.6 Å². The van der Waals surface area contributed by atoms with E-state index in [2.05, 4.69) is 15.3 Å². The van der Waals surface area contributed by atoms with Crippen molar-refractivity contribution in [3.05, 3.63) is 29.5 Å². The Hall–Kier alpha value is -1.43. The fourth-order valence-electron chi connectivity index (χ4n) is 2.40. The van der Waals surface area contributed by atoms with Crippen molar-refractivity contribution in [2.75, 3.05) is 31.7 Å². The Morgan fingerprint density at radius 3 is 3.19 bits per heavy atom. The van der Waals surface area contributed by atoms with Crippen LogP contribution in [0.15, 0.2) is 24.5 Å². The molecule has 0 aliphatic carbocycles. The molecule has 1 atom stereocenters. The molecular formula is C15H18ClN3O2. The standard InChI is InChI=1S/C15H18ClN3O2/c16-11-3-4-13-14(8-11)18-10-19-15(13)17-5-7-20-9-12-2-1-6-21-12/h3-4,8,10,12H,1-2,5-7,9H2,(H,17,18,19). The molecule has 2 aromatic rings. The molecule has 1 aliphatic heterocycles. The number of nitrogens with zero attached hydrogens (tertiary/aromatic N) is 2. The lowest BCUT2D eigenvalue weighted by Gasteiger charge is -2.11. The number of anilines is 1. The molecule has 1 aromatic heterocycles. The molecule has 6 heteroatoms. The van der Waals surface area contributed by atoms with E-state index >= 15 is 0 Å². The van der Waals surface area contributed by atoms with Crippen LogP contribution in [0.2, 0.25) is 5.02 Å². The summed E-state index contributed by atoms with van der Waals surface area (Å²) in [6.45, 7) is 2.85. The predicted octanol–water partition coefficient (Wildman–Crippen LogP) is 2.89. The van der Waals surface area contributed by atoms with Crippen LogP contribution >= 0.6 is 11.6 Å². The summed E-state index contributed by atoms with van der Waals surface area (Å²) < 4.78 is 11.1. The lowest BCUT2D eigenvalue weighted by Crippen LogP contribution is -2.18. The van der Waals surface area contributed by atoms with Gasteiger partial charge in [-0.25, -0.2) is 9.97 Å². The molecule has 0 amide bonds. The second kappa shape index (κ2) is 7.02. The van der Waals surface area contributed by atoms with Gasteiger partial charge in [0.1, 0.15) is 12.1 Å². The zero-order valence-electron chi connectivity index (χ0n) is 11.7. The summed E-state index contributed by atoms with van der Waals surface area (Å²) in [5.74, 6) is 0.803. The average molecular weight is 308 g/mol. The highest BCUT2D eigenvalue weighted by molar-refractivity contribution is 6.31. The minimum atomic E-state index is 0.270. The first-order valence-corrected chi connectivity index (χ1v) is 7.54. The lowest BCUT2D eigenvalue weighted by molar-refractivity contribution is 0.0206. The highest BCUT2D eigenvalue weighted by Gasteiger charge is 2.14. The van der Waals surface area contributed by atoms with E-state index in [1.54, 1.807) is 0 Å². The van der Waals surface area contributed by atoms with Gasteiger partial charge in [0.05, 0.1) is 24.8 Å². The van der Waals surface area contributed by atoms with Crippen LogP contribution in [0.3, 0.4) is 0 Å². The van der Waals surface area contributed by atoms with Gasteiger partial charge < -0.3 is 14.8 Å². The Kier molecular flexibility index (Phi) is 4.85. The van der Waals surface area contributed by atoms with Crippen LogP contribution in [0.4, 0.5) is 5.82 Å². The average Bonchev–Trinajstić information content (AvgIpc) is 3.00. The van der Waals surface area contributed by atoms with Crippen LogP contribution in [0.5, 0.6) is 0 Å². The first-order chi connectivity index (χ1) is 10.3. The van der Waals surface area contributed by atoms with E-state index in [1.165, 1.54) is 6.33 Å². The first-order valence-electron chi connectivity index (χ1n) is 7.16. The van der Waals surface area contributed by atoms with Crippen molar-refractivity contribution in [1.82, 2.24) is 9.97 Å². The number of rotatable bonds is 6. The molecule has 1 aromatic carbocycles. The number of nitrogens with one attached hydrogen (secondary N) is 1. The fourth-order valence-corrected chi connectivity index (χ4v) is 2.57. The predicted molar refractivity (Wildman–Crippen MR) is 82.8 cm³/mol. The summed E-state index contributed by atoms with van der Waals surface area (Å²) in [7, 11) is 0. The highest BCUT2D eigenvalue weighted by Crippen LogP contribution is 2.22. The third-order valence-electron chi connectivity index (χ3n) is 3.47. The van der Waals surface area contributed by atoms with Crippen LogP contribution in [-0.4, -0.2) is 42.4 Å². The van der Waals surface area contributed by atoms with Crippen LogP contribution in [0, 0.1) is 0 Å². The Morgan fingerprint density at radius 2 is 2.33 bits per heavy atom. The molecule has 5 nitrogen and oxygen atoms in total. The fraction of sp³-hybridized carbons (Fsp3) is 0.467. The summed E-state index contributed by atoms with van der Waals surface area (Å²) in [6, 6.07) is 5.59. The van der Waals surface area contributed by atoms with Gasteiger partial charge in [-0.2, -0.15) is 0 Å². The number of benzene rings is 1. The van der Waals surface area contributed by atoms with Gasteiger partial charge in [0.25, 0.3) is 0 Å². The normalized spacial score (nSPS) is 18.2. The zero-order chi connectivity index (χ0) is 14.5. The molecule has 2 heterocycles. The number of halogens is 1. The largest absolute Gasteiger partial charge is 0.377 e. The molecular weight excluding hydrogens is 290 g/mol. The van der Waals surface area contributed by atoms with E-state index in [1.807, 2.05) is 18.2 Å². The Bertz CT molecular complexity index is 602. The Balaban J connectivity index is 1.50. The van der Waals surface area contributed by atoms with Gasteiger partial charge in [0.15, 0.2) is 0 Å². The molecule has 3 rings (SSSR count). The highest BCUT2D eigenvalue weighted by atomic mass is 35.5. The van der Waals surface area contributed by atoms with Gasteiger partial charge in [0.2, 0.25) is 0 Å². The van der Waals surface area contributed by atoms with Gasteiger partial charge in [-0.05, 0) is 31.0 Å². The minimum Gasteiger partial charge on any atom is -0.377 e. The topological polar surface area (TPSA) is 56.3 Å². The second-order valence-corrected chi connectivity index (χ2v) is 5.46. The van der Waals surface area contributed by atoms with Crippen molar-refractivity contribution in [2.45, 2.75) is 18.9 Å². The lowest BCUT2D eigenvalue weighted by atomic mass is 10.2. The molecule has 21 heavy (non-hydrogen) atoms. The summed E-state index contributed by atoms with van der Waals surface area (Å²) in [5, 5.41) is 4.90. The maximum atomic E-state index is 5.97. The quantitative estimate of drug-likeness (QED) is 0.832. The van der Waals surface area contributed by atoms with E-state index in [0.29, 0.717) is 24.8 Å². The summed E-state index contributed by atoms with van der Waals surface area (Å²) in [4.78, 5) is 8.48. The smallest absolute Gasteiger partial charge is 0.137 e. The van der Waals surface area contributed by atoms with Crippen molar-refractivity contribution < 1.29 is 9.47 Å². The zero-order valence-corrected chi connectivity index (χ0v) is 12.5. The third-order valence-corrected chi connectivity index (χ3v) is 3.70. The first kappa shape index (κ1) is 14.5. The van der Waals surface area contributed by atoms with E-state index in [0.717, 1.165) is 36.2 Å². The van der Waals surface area contributed by atoms with E-state index < -0.39 is 0 Å². The summed E-state index contributed by atoms with van der Waals surface area (Å²) >= 11 is 5.97. The third kappa shape index (κ3) is 3.81. The molecule has 1 unspecified atom stereocenters. The van der Waals surface area contributed by atoms with Crippen LogP contribution < -0.4 is 5.32 Å². The van der Waals surface area contributed by atoms with E-state index in [4.69, 9.17) is 21.1 Å². The molecule has 1 N–H and O–H groups in total. The number of ether oxygens (including phenoxy) is 2. The number of hydrogen-bond donors (Lipinski definition) is 1.